The van der Waals surface area contributed by atoms with E-state index in [9.17, 15) is 14.4 Å². The first-order valence-electron chi connectivity index (χ1n) is 11.7. The van der Waals surface area contributed by atoms with Crippen molar-refractivity contribution in [3.63, 3.8) is 0 Å². The van der Waals surface area contributed by atoms with Crippen molar-refractivity contribution in [1.29, 1.82) is 0 Å². The van der Waals surface area contributed by atoms with E-state index in [1.165, 1.54) is 29.4 Å². The molecule has 0 bridgehead atoms. The van der Waals surface area contributed by atoms with Crippen LogP contribution in [-0.2, 0) is 27.1 Å². The highest BCUT2D eigenvalue weighted by molar-refractivity contribution is 7.17. The lowest BCUT2D eigenvalue weighted by Crippen LogP contribution is -2.22. The Morgan fingerprint density at radius 1 is 1.11 bits per heavy atom. The van der Waals surface area contributed by atoms with Crippen molar-refractivity contribution in [3.8, 4) is 0 Å². The van der Waals surface area contributed by atoms with E-state index in [0.29, 0.717) is 34.0 Å². The molecule has 2 aromatic carbocycles. The van der Waals surface area contributed by atoms with Gasteiger partial charge in [-0.05, 0) is 61.4 Å². The Morgan fingerprint density at radius 2 is 1.94 bits per heavy atom. The summed E-state index contributed by atoms with van der Waals surface area (Å²) in [5.41, 5.74) is 3.91. The number of anilines is 1. The van der Waals surface area contributed by atoms with Crippen LogP contribution in [0.4, 0.5) is 5.00 Å². The van der Waals surface area contributed by atoms with Crippen molar-refractivity contribution in [2.24, 2.45) is 0 Å². The van der Waals surface area contributed by atoms with Crippen molar-refractivity contribution in [2.75, 3.05) is 18.5 Å². The largest absolute Gasteiger partial charge is 0.462 e. The molecule has 5 rings (SSSR count). The first-order chi connectivity index (χ1) is 17.5. The second kappa shape index (κ2) is 10.3. The van der Waals surface area contributed by atoms with Gasteiger partial charge in [-0.3, -0.25) is 4.79 Å². The Labute approximate surface area is 211 Å². The number of nitrogens with one attached hydrogen (secondary N) is 1. The highest BCUT2D eigenvalue weighted by Gasteiger charge is 2.31. The molecule has 1 aliphatic rings. The summed E-state index contributed by atoms with van der Waals surface area (Å²) in [7, 11) is 0. The van der Waals surface area contributed by atoms with Gasteiger partial charge in [-0.1, -0.05) is 30.3 Å². The van der Waals surface area contributed by atoms with Gasteiger partial charge in [0, 0.05) is 4.88 Å². The predicted molar refractivity (Wildman–Crippen MR) is 134 cm³/mol. The van der Waals surface area contributed by atoms with Crippen LogP contribution in [0.25, 0.3) is 11.1 Å². The van der Waals surface area contributed by atoms with Gasteiger partial charge >= 0.3 is 11.9 Å². The zero-order chi connectivity index (χ0) is 25.1. The molecular weight excluding hydrogens is 480 g/mol. The quantitative estimate of drug-likeness (QED) is 0.348. The summed E-state index contributed by atoms with van der Waals surface area (Å²) in [4.78, 5) is 43.0. The summed E-state index contributed by atoms with van der Waals surface area (Å²) < 4.78 is 15.7. The maximum absolute atomic E-state index is 12.8. The molecule has 0 saturated heterocycles. The fourth-order valence-corrected chi connectivity index (χ4v) is 5.79. The fraction of sp³-hybridized carbons (Fsp3) is 0.259. The maximum Gasteiger partial charge on any atom is 0.341 e. The van der Waals surface area contributed by atoms with Crippen LogP contribution in [0.5, 0.6) is 0 Å². The zero-order valence-electron chi connectivity index (χ0n) is 19.6. The molecule has 1 atom stereocenters. The number of aromatic nitrogens is 1. The monoisotopic (exact) mass is 504 g/mol. The Kier molecular flexibility index (Phi) is 6.81. The summed E-state index contributed by atoms with van der Waals surface area (Å²) in [6, 6.07) is 15.0. The Morgan fingerprint density at radius 3 is 2.75 bits per heavy atom. The third kappa shape index (κ3) is 4.87. The number of carbonyl (C=O) groups is 3. The number of hydrogen-bond acceptors (Lipinski definition) is 8. The van der Waals surface area contributed by atoms with Crippen LogP contribution in [0.15, 0.2) is 59.3 Å². The molecule has 9 heteroatoms. The Hall–Kier alpha value is -3.98. The molecule has 2 aromatic heterocycles. The smallest absolute Gasteiger partial charge is 0.341 e. The molecule has 2 heterocycles. The molecular formula is C27H24N2O6S. The summed E-state index contributed by atoms with van der Waals surface area (Å²) in [6.07, 6.45) is 3.69. The minimum atomic E-state index is -0.662. The summed E-state index contributed by atoms with van der Waals surface area (Å²) in [6.45, 7) is 1.48. The van der Waals surface area contributed by atoms with E-state index < -0.39 is 24.5 Å². The first-order valence-corrected chi connectivity index (χ1v) is 12.5. The van der Waals surface area contributed by atoms with Crippen LogP contribution < -0.4 is 5.32 Å². The molecule has 8 nitrogen and oxygen atoms in total. The number of nitrogens with zero attached hydrogens (tertiary/aromatic N) is 1. The molecule has 0 aliphatic heterocycles. The normalized spacial score (nSPS) is 14.8. The molecule has 1 unspecified atom stereocenters. The number of amides is 1. The van der Waals surface area contributed by atoms with E-state index >= 15 is 0 Å². The highest BCUT2D eigenvalue weighted by atomic mass is 32.1. The van der Waals surface area contributed by atoms with Crippen LogP contribution in [0.1, 0.15) is 56.0 Å². The minimum Gasteiger partial charge on any atom is -0.462 e. The zero-order valence-corrected chi connectivity index (χ0v) is 20.4. The molecule has 0 radical (unpaired) electrons. The van der Waals surface area contributed by atoms with Crippen LogP contribution in [0.3, 0.4) is 0 Å². The lowest BCUT2D eigenvalue weighted by molar-refractivity contribution is -0.119. The maximum atomic E-state index is 12.8. The molecule has 184 valence electrons. The van der Waals surface area contributed by atoms with E-state index in [1.54, 1.807) is 19.1 Å². The fourth-order valence-electron chi connectivity index (χ4n) is 4.46. The lowest BCUT2D eigenvalue weighted by Gasteiger charge is -2.23. The molecule has 1 aliphatic carbocycles. The SMILES string of the molecule is CCOC(=O)c1c(NC(=O)COC(=O)c2ccc3ncoc3c2)sc2c1CCC(c1ccccc1)C2. The average molecular weight is 505 g/mol. The van der Waals surface area contributed by atoms with Crippen molar-refractivity contribution in [1.82, 2.24) is 4.98 Å². The topological polar surface area (TPSA) is 108 Å². The number of rotatable bonds is 7. The molecule has 36 heavy (non-hydrogen) atoms. The van der Waals surface area contributed by atoms with Crippen molar-refractivity contribution < 1.29 is 28.3 Å². The van der Waals surface area contributed by atoms with Gasteiger partial charge in [0.1, 0.15) is 10.5 Å². The second-order valence-electron chi connectivity index (χ2n) is 8.44. The molecule has 1 amide bonds. The summed E-state index contributed by atoms with van der Waals surface area (Å²) in [5.74, 6) is -1.31. The lowest BCUT2D eigenvalue weighted by atomic mass is 9.83. The number of benzene rings is 2. The highest BCUT2D eigenvalue weighted by Crippen LogP contribution is 2.42. The number of hydrogen-bond donors (Lipinski definition) is 1. The predicted octanol–water partition coefficient (Wildman–Crippen LogP) is 5.13. The molecule has 1 N–H and O–H groups in total. The molecule has 0 fully saturated rings. The number of ether oxygens (including phenoxy) is 2. The number of oxazole rings is 1. The van der Waals surface area contributed by atoms with Crippen LogP contribution in [0.2, 0.25) is 0 Å². The molecule has 0 spiro atoms. The van der Waals surface area contributed by atoms with E-state index in [1.807, 2.05) is 18.2 Å². The average Bonchev–Trinajstić information content (AvgIpc) is 3.51. The number of carbonyl (C=O) groups excluding carboxylic acids is 3. The van der Waals surface area contributed by atoms with Crippen LogP contribution in [-0.4, -0.2) is 36.0 Å². The van der Waals surface area contributed by atoms with E-state index in [2.05, 4.69) is 22.4 Å². The van der Waals surface area contributed by atoms with Gasteiger partial charge in [-0.15, -0.1) is 11.3 Å². The van der Waals surface area contributed by atoms with Crippen molar-refractivity contribution in [3.05, 3.63) is 82.1 Å². The third-order valence-corrected chi connectivity index (χ3v) is 7.34. The van der Waals surface area contributed by atoms with E-state index in [4.69, 9.17) is 13.9 Å². The number of thiophene rings is 1. The standard InChI is InChI=1S/C27H24N2O6S/c1-2-33-27(32)24-19-10-8-17(16-6-4-3-5-7-16)13-22(19)36-25(24)29-23(30)14-34-26(31)18-9-11-20-21(12-18)35-15-28-20/h3-7,9,11-12,15,17H,2,8,10,13-14H2,1H3,(H,29,30). The van der Waals surface area contributed by atoms with Gasteiger partial charge < -0.3 is 19.2 Å². The number of esters is 2. The summed E-state index contributed by atoms with van der Waals surface area (Å²) >= 11 is 1.38. The molecule has 4 aromatic rings. The second-order valence-corrected chi connectivity index (χ2v) is 9.54. The van der Waals surface area contributed by atoms with Gasteiger partial charge in [0.05, 0.1) is 17.7 Å². The Balaban J connectivity index is 1.30. The van der Waals surface area contributed by atoms with E-state index in [-0.39, 0.29) is 12.2 Å². The van der Waals surface area contributed by atoms with Crippen LogP contribution >= 0.6 is 11.3 Å². The van der Waals surface area contributed by atoms with Gasteiger partial charge in [-0.2, -0.15) is 0 Å². The molecule has 0 saturated carbocycles. The number of fused-ring (bicyclic) bond motifs is 2. The van der Waals surface area contributed by atoms with Gasteiger partial charge in [0.15, 0.2) is 18.6 Å². The minimum absolute atomic E-state index is 0.233. The van der Waals surface area contributed by atoms with Crippen molar-refractivity contribution in [2.45, 2.75) is 32.1 Å². The van der Waals surface area contributed by atoms with Crippen LogP contribution in [0, 0.1) is 0 Å². The van der Waals surface area contributed by atoms with Gasteiger partial charge in [0.25, 0.3) is 5.91 Å². The first kappa shape index (κ1) is 23.7. The van der Waals surface area contributed by atoms with Gasteiger partial charge in [-0.25, -0.2) is 14.6 Å². The van der Waals surface area contributed by atoms with E-state index in [0.717, 1.165) is 23.3 Å². The Bertz CT molecular complexity index is 1420. The third-order valence-electron chi connectivity index (χ3n) is 6.17. The van der Waals surface area contributed by atoms with Gasteiger partial charge in [0.2, 0.25) is 0 Å². The van der Waals surface area contributed by atoms with Crippen molar-refractivity contribution >= 4 is 45.3 Å². The summed E-state index contributed by atoms with van der Waals surface area (Å²) in [5, 5.41) is 3.19.